The maximum absolute atomic E-state index is 4.00. The Bertz CT molecular complexity index is 276. The summed E-state index contributed by atoms with van der Waals surface area (Å²) >= 11 is 1.78. The van der Waals surface area contributed by atoms with Gasteiger partial charge in [-0.15, -0.1) is 24.2 Å². The van der Waals surface area contributed by atoms with Crippen molar-refractivity contribution in [3.63, 3.8) is 0 Å². The summed E-state index contributed by atoms with van der Waals surface area (Å²) in [5.41, 5.74) is 0. The first-order valence-corrected chi connectivity index (χ1v) is 6.50. The molecule has 1 heterocycles. The highest BCUT2D eigenvalue weighted by Crippen LogP contribution is 2.10. The second kappa shape index (κ2) is 16.2. The minimum absolute atomic E-state index is 1.05. The zero-order chi connectivity index (χ0) is 12.6. The van der Waals surface area contributed by atoms with Crippen molar-refractivity contribution in [1.29, 1.82) is 0 Å². The third-order valence-corrected chi connectivity index (χ3v) is 2.34. The van der Waals surface area contributed by atoms with Gasteiger partial charge in [0, 0.05) is 4.88 Å². The molecule has 0 aliphatic rings. The maximum Gasteiger partial charge on any atom is 0.0267 e. The molecule has 0 nitrogen and oxygen atoms in total. The van der Waals surface area contributed by atoms with Crippen LogP contribution in [-0.4, -0.2) is 0 Å². The molecule has 0 saturated carbocycles. The molecule has 16 heavy (non-hydrogen) atoms. The van der Waals surface area contributed by atoms with Crippen LogP contribution in [-0.2, 0) is 0 Å². The van der Waals surface area contributed by atoms with Gasteiger partial charge < -0.3 is 0 Å². The van der Waals surface area contributed by atoms with Gasteiger partial charge in [-0.3, -0.25) is 0 Å². The van der Waals surface area contributed by atoms with E-state index in [-0.39, 0.29) is 0 Å². The first kappa shape index (κ1) is 17.1. The number of hydrogen-bond acceptors (Lipinski definition) is 1. The van der Waals surface area contributed by atoms with E-state index in [4.69, 9.17) is 0 Å². The summed E-state index contributed by atoms with van der Waals surface area (Å²) < 4.78 is 0. The predicted molar refractivity (Wildman–Crippen MR) is 78.6 cm³/mol. The van der Waals surface area contributed by atoms with Gasteiger partial charge in [-0.1, -0.05) is 45.1 Å². The Kier molecular flexibility index (Phi) is 17.3. The molecular formula is C15H22S. The van der Waals surface area contributed by atoms with Crippen molar-refractivity contribution in [3.8, 4) is 12.8 Å². The Balaban J connectivity index is 0. The van der Waals surface area contributed by atoms with E-state index in [1.54, 1.807) is 11.3 Å². The fourth-order valence-electron chi connectivity index (χ4n) is 0.912. The topological polar surface area (TPSA) is 0 Å². The molecule has 0 radical (unpaired) electrons. The third-order valence-electron chi connectivity index (χ3n) is 1.50. The molecule has 0 saturated heterocycles. The Labute approximate surface area is 105 Å². The molecule has 1 heteroatoms. The van der Waals surface area contributed by atoms with Crippen LogP contribution in [0.1, 0.15) is 38.5 Å². The molecule has 0 amide bonds. The fourth-order valence-corrected chi connectivity index (χ4v) is 1.56. The Morgan fingerprint density at radius 1 is 1.19 bits per heavy atom. The molecule has 1 aromatic rings. The highest BCUT2D eigenvalue weighted by Gasteiger charge is 1.82. The van der Waals surface area contributed by atoms with Crippen molar-refractivity contribution < 1.29 is 0 Å². The first-order chi connectivity index (χ1) is 7.93. The van der Waals surface area contributed by atoms with Crippen LogP contribution >= 0.6 is 11.3 Å². The Hall–Kier alpha value is -1.26. The van der Waals surface area contributed by atoms with E-state index in [0.717, 1.165) is 12.8 Å². The smallest absolute Gasteiger partial charge is 0.0267 e. The van der Waals surface area contributed by atoms with Gasteiger partial charge in [-0.05, 0) is 30.4 Å². The van der Waals surface area contributed by atoms with Crippen LogP contribution in [0.15, 0.2) is 35.7 Å². The molecular weight excluding hydrogens is 212 g/mol. The molecule has 1 rings (SSSR count). The number of allylic oxidation sites excluding steroid dienone is 3. The zero-order valence-electron chi connectivity index (χ0n) is 10.5. The lowest BCUT2D eigenvalue weighted by Gasteiger charge is -1.82. The molecule has 0 aromatic carbocycles. The minimum Gasteiger partial charge on any atom is -0.144 e. The quantitative estimate of drug-likeness (QED) is 0.484. The van der Waals surface area contributed by atoms with Gasteiger partial charge in [0.2, 0.25) is 0 Å². The minimum atomic E-state index is 1.05. The van der Waals surface area contributed by atoms with Crippen molar-refractivity contribution >= 4 is 17.4 Å². The fraction of sp³-hybridized carbons (Fsp3) is 0.333. The van der Waals surface area contributed by atoms with E-state index >= 15 is 0 Å². The van der Waals surface area contributed by atoms with Crippen LogP contribution in [0.2, 0.25) is 0 Å². The van der Waals surface area contributed by atoms with E-state index in [1.165, 1.54) is 4.88 Å². The molecule has 0 aliphatic carbocycles. The number of rotatable bonds is 4. The molecule has 1 aromatic heterocycles. The van der Waals surface area contributed by atoms with Gasteiger partial charge in [0.15, 0.2) is 0 Å². The van der Waals surface area contributed by atoms with E-state index in [0.29, 0.717) is 0 Å². The lowest BCUT2D eigenvalue weighted by molar-refractivity contribution is 1.20. The van der Waals surface area contributed by atoms with Crippen molar-refractivity contribution in [2.45, 2.75) is 33.6 Å². The molecule has 0 N–H and O–H groups in total. The SMILES string of the molecule is C#C.CC.CC/C=C\C/C=C/c1cccs1. The van der Waals surface area contributed by atoms with Gasteiger partial charge in [-0.25, -0.2) is 0 Å². The van der Waals surface area contributed by atoms with Crippen molar-refractivity contribution in [1.82, 2.24) is 0 Å². The van der Waals surface area contributed by atoms with Crippen LogP contribution in [0.3, 0.4) is 0 Å². The summed E-state index contributed by atoms with van der Waals surface area (Å²) in [5, 5.41) is 2.10. The average Bonchev–Trinajstić information content (AvgIpc) is 2.87. The third kappa shape index (κ3) is 10.8. The largest absolute Gasteiger partial charge is 0.144 e. The number of thiophene rings is 1. The molecule has 0 atom stereocenters. The van der Waals surface area contributed by atoms with Gasteiger partial charge >= 0.3 is 0 Å². The van der Waals surface area contributed by atoms with Crippen LogP contribution in [0.25, 0.3) is 6.08 Å². The monoisotopic (exact) mass is 234 g/mol. The summed E-state index contributed by atoms with van der Waals surface area (Å²) in [6.07, 6.45) is 18.9. The van der Waals surface area contributed by atoms with Gasteiger partial charge in [0.25, 0.3) is 0 Å². The molecule has 88 valence electrons. The second-order valence-electron chi connectivity index (χ2n) is 2.53. The van der Waals surface area contributed by atoms with Crippen LogP contribution < -0.4 is 0 Å². The molecule has 0 bridgehead atoms. The molecule has 0 unspecified atom stereocenters. The van der Waals surface area contributed by atoms with E-state index in [9.17, 15) is 0 Å². The number of hydrogen-bond donors (Lipinski definition) is 0. The molecule has 0 aliphatic heterocycles. The lowest BCUT2D eigenvalue weighted by atomic mass is 10.3. The van der Waals surface area contributed by atoms with E-state index < -0.39 is 0 Å². The van der Waals surface area contributed by atoms with Crippen LogP contribution in [0.4, 0.5) is 0 Å². The summed E-state index contributed by atoms with van der Waals surface area (Å²) in [7, 11) is 0. The summed E-state index contributed by atoms with van der Waals surface area (Å²) in [5.74, 6) is 0. The highest BCUT2D eigenvalue weighted by atomic mass is 32.1. The van der Waals surface area contributed by atoms with E-state index in [2.05, 4.69) is 61.6 Å². The summed E-state index contributed by atoms with van der Waals surface area (Å²) in [6, 6.07) is 4.21. The zero-order valence-corrected chi connectivity index (χ0v) is 11.3. The number of terminal acetylenes is 1. The molecule has 0 spiro atoms. The summed E-state index contributed by atoms with van der Waals surface area (Å²) in [4.78, 5) is 1.33. The van der Waals surface area contributed by atoms with Gasteiger partial charge in [-0.2, -0.15) is 0 Å². The normalized spacial score (nSPS) is 9.31. The lowest BCUT2D eigenvalue weighted by Crippen LogP contribution is -1.59. The van der Waals surface area contributed by atoms with Crippen LogP contribution in [0.5, 0.6) is 0 Å². The van der Waals surface area contributed by atoms with Crippen molar-refractivity contribution in [3.05, 3.63) is 40.6 Å². The van der Waals surface area contributed by atoms with Crippen LogP contribution in [0, 0.1) is 12.8 Å². The van der Waals surface area contributed by atoms with Crippen molar-refractivity contribution in [2.24, 2.45) is 0 Å². The highest BCUT2D eigenvalue weighted by molar-refractivity contribution is 7.10. The summed E-state index contributed by atoms with van der Waals surface area (Å²) in [6.45, 7) is 6.15. The molecule has 0 fully saturated rings. The Morgan fingerprint density at radius 3 is 2.38 bits per heavy atom. The van der Waals surface area contributed by atoms with E-state index in [1.807, 2.05) is 13.8 Å². The average molecular weight is 234 g/mol. The van der Waals surface area contributed by atoms with Gasteiger partial charge in [0.1, 0.15) is 0 Å². The van der Waals surface area contributed by atoms with Gasteiger partial charge in [0.05, 0.1) is 0 Å². The predicted octanol–water partition coefficient (Wildman–Crippen LogP) is 5.39. The first-order valence-electron chi connectivity index (χ1n) is 5.62. The van der Waals surface area contributed by atoms with Crippen molar-refractivity contribution in [2.75, 3.05) is 0 Å². The standard InChI is InChI=1S/C11H14S.C2H6.C2H2/c1-2-3-4-5-6-8-11-9-7-10-12-11;2*1-2/h3-4,6-10H,2,5H2,1H3;1-2H3;1-2H/b4-3-,8-6+;;. The Morgan fingerprint density at radius 2 is 1.88 bits per heavy atom. The maximum atomic E-state index is 4.00. The second-order valence-corrected chi connectivity index (χ2v) is 3.51.